The van der Waals surface area contributed by atoms with Crippen molar-refractivity contribution in [2.75, 3.05) is 6.61 Å². The Morgan fingerprint density at radius 3 is 1.49 bits per heavy atom. The molecule has 332 valence electrons. The Hall–Kier alpha value is -2.18. The molecule has 0 aromatic carbocycles. The molecule has 0 saturated heterocycles. The minimum absolute atomic E-state index is 0.0479. The van der Waals surface area contributed by atoms with Crippen LogP contribution in [0.3, 0.4) is 0 Å². The molecule has 6 heteroatoms. The summed E-state index contributed by atoms with van der Waals surface area (Å²) in [5.74, 6) is -0.527. The molecule has 0 saturated carbocycles. The number of unbranched alkanes of at least 4 members (excludes halogenated alkanes) is 23. The van der Waals surface area contributed by atoms with Crippen LogP contribution < -0.4 is 5.32 Å². The second-order valence-electron chi connectivity index (χ2n) is 16.5. The van der Waals surface area contributed by atoms with Gasteiger partial charge in [-0.05, 0) is 77.0 Å². The molecule has 0 aliphatic carbocycles. The highest BCUT2D eigenvalue weighted by Crippen LogP contribution is 2.17. The summed E-state index contributed by atoms with van der Waals surface area (Å²) < 4.78 is 5.89. The number of nitrogens with one attached hydrogen (secondary N) is 1. The van der Waals surface area contributed by atoms with Gasteiger partial charge >= 0.3 is 5.97 Å². The van der Waals surface area contributed by atoms with E-state index in [2.05, 4.69) is 74.7 Å². The number of amides is 1. The van der Waals surface area contributed by atoms with Gasteiger partial charge in [0.2, 0.25) is 5.91 Å². The van der Waals surface area contributed by atoms with Crippen molar-refractivity contribution in [2.24, 2.45) is 0 Å². The molecule has 3 N–H and O–H groups in total. The fourth-order valence-corrected chi connectivity index (χ4v) is 7.21. The van der Waals surface area contributed by atoms with Crippen LogP contribution in [0.25, 0.3) is 0 Å². The van der Waals surface area contributed by atoms with Crippen molar-refractivity contribution < 1.29 is 24.5 Å². The Morgan fingerprint density at radius 1 is 0.526 bits per heavy atom. The lowest BCUT2D eigenvalue weighted by Crippen LogP contribution is -2.46. The molecule has 0 aromatic heterocycles. The van der Waals surface area contributed by atoms with Crippen molar-refractivity contribution in [3.8, 4) is 0 Å². The largest absolute Gasteiger partial charge is 0.462 e. The minimum atomic E-state index is -0.796. The number of aliphatic hydroxyl groups is 2. The van der Waals surface area contributed by atoms with E-state index >= 15 is 0 Å². The SMILES string of the molecule is CC/C=C/C/C=C/C/C=C/CCCCCCC(=O)OC(CCC/C=C\CCCCCCCCC)CC(=O)NC(CO)C(O)CCCCCCCCCCCCCC. The van der Waals surface area contributed by atoms with Gasteiger partial charge in [-0.3, -0.25) is 9.59 Å². The van der Waals surface area contributed by atoms with E-state index in [9.17, 15) is 19.8 Å². The Bertz CT molecular complexity index is 988. The zero-order valence-corrected chi connectivity index (χ0v) is 37.7. The molecule has 0 aromatic rings. The van der Waals surface area contributed by atoms with E-state index < -0.39 is 18.2 Å². The normalized spacial score (nSPS) is 13.7. The summed E-state index contributed by atoms with van der Waals surface area (Å²) >= 11 is 0. The first-order valence-corrected chi connectivity index (χ1v) is 24.4. The number of esters is 1. The maximum absolute atomic E-state index is 13.1. The number of aliphatic hydroxyl groups excluding tert-OH is 2. The Labute approximate surface area is 353 Å². The predicted molar refractivity (Wildman–Crippen MR) is 245 cm³/mol. The summed E-state index contributed by atoms with van der Waals surface area (Å²) in [6.45, 7) is 6.34. The highest BCUT2D eigenvalue weighted by atomic mass is 16.5. The molecule has 3 unspecified atom stereocenters. The smallest absolute Gasteiger partial charge is 0.306 e. The maximum atomic E-state index is 13.1. The quantitative estimate of drug-likeness (QED) is 0.0324. The van der Waals surface area contributed by atoms with Crippen molar-refractivity contribution in [1.82, 2.24) is 5.32 Å². The maximum Gasteiger partial charge on any atom is 0.306 e. The van der Waals surface area contributed by atoms with Crippen LogP contribution >= 0.6 is 0 Å². The average Bonchev–Trinajstić information content (AvgIpc) is 3.20. The summed E-state index contributed by atoms with van der Waals surface area (Å²) in [6.07, 6.45) is 53.1. The standard InChI is InChI=1S/C51H93NO5/c1-4-7-10-13-16-19-22-25-26-29-32-35-38-41-44-51(56)57-47(42-39-36-33-30-27-23-20-17-14-11-8-5-2)45-50(55)52-48(46-53)49(54)43-40-37-34-31-28-24-21-18-15-12-9-6-3/h7,10,16,19,25-26,30,33,47-49,53-54H,4-6,8-9,11-15,17-18,20-24,27-29,31-32,34-46H2,1-3H3,(H,52,55)/b10-7+,19-16+,26-25+,33-30-. The Morgan fingerprint density at radius 2 is 0.965 bits per heavy atom. The second kappa shape index (κ2) is 44.9. The van der Waals surface area contributed by atoms with Crippen LogP contribution in [0.15, 0.2) is 48.6 Å². The summed E-state index contributed by atoms with van der Waals surface area (Å²) in [4.78, 5) is 26.0. The summed E-state index contributed by atoms with van der Waals surface area (Å²) in [5, 5.41) is 23.7. The second-order valence-corrected chi connectivity index (χ2v) is 16.5. The third-order valence-electron chi connectivity index (χ3n) is 10.9. The molecular weight excluding hydrogens is 707 g/mol. The number of allylic oxidation sites excluding steroid dienone is 8. The lowest BCUT2D eigenvalue weighted by Gasteiger charge is -2.24. The van der Waals surface area contributed by atoms with Crippen LogP contribution in [-0.2, 0) is 14.3 Å². The molecule has 0 rings (SSSR count). The van der Waals surface area contributed by atoms with Crippen molar-refractivity contribution in [2.45, 2.75) is 257 Å². The molecule has 0 heterocycles. The zero-order valence-electron chi connectivity index (χ0n) is 37.7. The van der Waals surface area contributed by atoms with Gasteiger partial charge in [0.15, 0.2) is 0 Å². The van der Waals surface area contributed by atoms with Crippen LogP contribution in [0.4, 0.5) is 0 Å². The number of hydrogen-bond donors (Lipinski definition) is 3. The van der Waals surface area contributed by atoms with Crippen LogP contribution in [0.2, 0.25) is 0 Å². The zero-order chi connectivity index (χ0) is 41.7. The van der Waals surface area contributed by atoms with E-state index in [1.165, 1.54) is 103 Å². The first kappa shape index (κ1) is 54.8. The van der Waals surface area contributed by atoms with Crippen LogP contribution in [0.1, 0.15) is 239 Å². The lowest BCUT2D eigenvalue weighted by molar-refractivity contribution is -0.151. The number of hydrogen-bond acceptors (Lipinski definition) is 5. The highest BCUT2D eigenvalue weighted by Gasteiger charge is 2.24. The van der Waals surface area contributed by atoms with E-state index in [1.54, 1.807) is 0 Å². The molecule has 1 amide bonds. The molecule has 0 bridgehead atoms. The molecule has 57 heavy (non-hydrogen) atoms. The number of rotatable bonds is 43. The molecule has 0 radical (unpaired) electrons. The van der Waals surface area contributed by atoms with Gasteiger partial charge < -0.3 is 20.3 Å². The van der Waals surface area contributed by atoms with Gasteiger partial charge in [-0.1, -0.05) is 198 Å². The molecule has 0 aliphatic heterocycles. The summed E-state index contributed by atoms with van der Waals surface area (Å²) in [5.41, 5.74) is 0. The van der Waals surface area contributed by atoms with Crippen LogP contribution in [0, 0.1) is 0 Å². The molecule has 6 nitrogen and oxygen atoms in total. The molecule has 0 aliphatic rings. The Balaban J connectivity index is 4.64. The van der Waals surface area contributed by atoms with Crippen molar-refractivity contribution in [1.29, 1.82) is 0 Å². The van der Waals surface area contributed by atoms with E-state index in [0.717, 1.165) is 89.9 Å². The summed E-state index contributed by atoms with van der Waals surface area (Å²) in [7, 11) is 0. The number of carbonyl (C=O) groups excluding carboxylic acids is 2. The van der Waals surface area contributed by atoms with Crippen molar-refractivity contribution >= 4 is 11.9 Å². The van der Waals surface area contributed by atoms with Crippen molar-refractivity contribution in [3.05, 3.63) is 48.6 Å². The third kappa shape index (κ3) is 40.4. The van der Waals surface area contributed by atoms with Crippen molar-refractivity contribution in [3.63, 3.8) is 0 Å². The molecular formula is C51H93NO5. The predicted octanol–water partition coefficient (Wildman–Crippen LogP) is 14.3. The van der Waals surface area contributed by atoms with Gasteiger partial charge in [0.25, 0.3) is 0 Å². The van der Waals surface area contributed by atoms with E-state index in [0.29, 0.717) is 19.3 Å². The first-order chi connectivity index (χ1) is 28.0. The number of ether oxygens (including phenoxy) is 1. The fourth-order valence-electron chi connectivity index (χ4n) is 7.21. The van der Waals surface area contributed by atoms with Gasteiger partial charge in [-0.2, -0.15) is 0 Å². The number of carbonyl (C=O) groups is 2. The third-order valence-corrected chi connectivity index (χ3v) is 10.9. The fraction of sp³-hybridized carbons (Fsp3) is 0.804. The van der Waals surface area contributed by atoms with E-state index in [-0.39, 0.29) is 24.9 Å². The lowest BCUT2D eigenvalue weighted by atomic mass is 10.0. The molecule has 3 atom stereocenters. The Kier molecular flexibility index (Phi) is 43.2. The van der Waals surface area contributed by atoms with Crippen LogP contribution in [-0.4, -0.2) is 46.9 Å². The summed E-state index contributed by atoms with van der Waals surface area (Å²) in [6, 6.07) is -0.713. The van der Waals surface area contributed by atoms with Gasteiger partial charge in [-0.15, -0.1) is 0 Å². The minimum Gasteiger partial charge on any atom is -0.462 e. The highest BCUT2D eigenvalue weighted by molar-refractivity contribution is 5.77. The first-order valence-electron chi connectivity index (χ1n) is 24.4. The van der Waals surface area contributed by atoms with Gasteiger partial charge in [-0.25, -0.2) is 0 Å². The molecule has 0 spiro atoms. The van der Waals surface area contributed by atoms with Gasteiger partial charge in [0, 0.05) is 6.42 Å². The average molecular weight is 800 g/mol. The van der Waals surface area contributed by atoms with E-state index in [4.69, 9.17) is 4.74 Å². The van der Waals surface area contributed by atoms with Gasteiger partial charge in [0.1, 0.15) is 6.10 Å². The van der Waals surface area contributed by atoms with Crippen LogP contribution in [0.5, 0.6) is 0 Å². The monoisotopic (exact) mass is 800 g/mol. The van der Waals surface area contributed by atoms with E-state index in [1.807, 2.05) is 0 Å². The topological polar surface area (TPSA) is 95.9 Å². The van der Waals surface area contributed by atoms with Gasteiger partial charge in [0.05, 0.1) is 25.2 Å². The molecule has 0 fully saturated rings.